The van der Waals surface area contributed by atoms with Gasteiger partial charge in [0.2, 0.25) is 0 Å². The topological polar surface area (TPSA) is 0 Å². The molecule has 0 nitrogen and oxygen atoms in total. The van der Waals surface area contributed by atoms with Gasteiger partial charge in [0.05, 0.1) is 0 Å². The zero-order valence-corrected chi connectivity index (χ0v) is 7.84. The van der Waals surface area contributed by atoms with E-state index in [1.165, 1.54) is 31.1 Å². The van der Waals surface area contributed by atoms with Crippen LogP contribution >= 0.6 is 0 Å². The Morgan fingerprint density at radius 3 is 2.09 bits per heavy atom. The van der Waals surface area contributed by atoms with Gasteiger partial charge >= 0.3 is 0 Å². The van der Waals surface area contributed by atoms with Crippen LogP contribution in [0, 0.1) is 23.7 Å². The Morgan fingerprint density at radius 1 is 1.00 bits per heavy atom. The predicted molar refractivity (Wildman–Crippen MR) is 48.4 cm³/mol. The predicted octanol–water partition coefficient (Wildman–Crippen LogP) is 3.47. The molecular formula is C11H20. The summed E-state index contributed by atoms with van der Waals surface area (Å²) < 4.78 is 0. The lowest BCUT2D eigenvalue weighted by molar-refractivity contribution is -0.0916. The van der Waals surface area contributed by atoms with Crippen molar-refractivity contribution in [1.29, 1.82) is 0 Å². The lowest BCUT2D eigenvalue weighted by atomic mass is 9.47. The zero-order chi connectivity index (χ0) is 7.84. The second kappa shape index (κ2) is 2.80. The van der Waals surface area contributed by atoms with Gasteiger partial charge in [0.15, 0.2) is 0 Å². The molecule has 2 rings (SSSR count). The van der Waals surface area contributed by atoms with Gasteiger partial charge in [-0.25, -0.2) is 0 Å². The Hall–Kier alpha value is 0. The van der Waals surface area contributed by atoms with Gasteiger partial charge in [0.25, 0.3) is 0 Å². The molecule has 0 bridgehead atoms. The summed E-state index contributed by atoms with van der Waals surface area (Å²) in [6.45, 7) is 4.68. The molecule has 0 N–H and O–H groups in total. The number of fused-ring (bicyclic) bond motifs is 1. The van der Waals surface area contributed by atoms with E-state index < -0.39 is 0 Å². The first-order valence-electron chi connectivity index (χ1n) is 5.36. The second-order valence-electron chi connectivity index (χ2n) is 4.52. The monoisotopic (exact) mass is 152 g/mol. The summed E-state index contributed by atoms with van der Waals surface area (Å²) in [7, 11) is 0. The molecule has 4 unspecified atom stereocenters. The van der Waals surface area contributed by atoms with E-state index in [9.17, 15) is 0 Å². The summed E-state index contributed by atoms with van der Waals surface area (Å²) in [4.78, 5) is 0. The number of hydrogen-bond donors (Lipinski definition) is 0. The fourth-order valence-electron chi connectivity index (χ4n) is 3.26. The molecule has 0 aromatic heterocycles. The molecule has 0 aliphatic heterocycles. The molecule has 0 heteroatoms. The van der Waals surface area contributed by atoms with Gasteiger partial charge in [0, 0.05) is 0 Å². The van der Waals surface area contributed by atoms with Gasteiger partial charge in [0.1, 0.15) is 0 Å². The summed E-state index contributed by atoms with van der Waals surface area (Å²) in [5.74, 6) is 4.64. The van der Waals surface area contributed by atoms with E-state index in [4.69, 9.17) is 0 Å². The molecule has 64 valence electrons. The van der Waals surface area contributed by atoms with Crippen molar-refractivity contribution in [3.8, 4) is 0 Å². The maximum atomic E-state index is 2.36. The normalized spacial score (nSPS) is 47.5. The largest absolute Gasteiger partial charge is 0.0654 e. The van der Waals surface area contributed by atoms with Crippen molar-refractivity contribution in [1.82, 2.24) is 0 Å². The molecule has 4 atom stereocenters. The van der Waals surface area contributed by atoms with E-state index in [-0.39, 0.29) is 0 Å². The minimum atomic E-state index is 1.13. The molecule has 2 saturated carbocycles. The summed E-state index contributed by atoms with van der Waals surface area (Å²) in [5.41, 5.74) is 0. The molecule has 0 radical (unpaired) electrons. The third kappa shape index (κ3) is 1.02. The highest BCUT2D eigenvalue weighted by atomic mass is 14.6. The maximum absolute atomic E-state index is 2.36. The highest BCUT2D eigenvalue weighted by Crippen LogP contribution is 2.60. The van der Waals surface area contributed by atoms with Crippen molar-refractivity contribution in [3.05, 3.63) is 0 Å². The number of rotatable bonds is 3. The molecule has 0 saturated heterocycles. The molecule has 0 amide bonds. The van der Waals surface area contributed by atoms with Crippen molar-refractivity contribution in [2.24, 2.45) is 23.7 Å². The average molecular weight is 152 g/mol. The molecule has 0 heterocycles. The molecule has 0 aromatic rings. The van der Waals surface area contributed by atoms with E-state index in [1.54, 1.807) is 12.8 Å². The van der Waals surface area contributed by atoms with E-state index in [0.29, 0.717) is 0 Å². The first-order valence-corrected chi connectivity index (χ1v) is 5.36. The Morgan fingerprint density at radius 2 is 1.64 bits per heavy atom. The maximum Gasteiger partial charge on any atom is -0.0352 e. The molecule has 0 spiro atoms. The fraction of sp³-hybridized carbons (Fsp3) is 1.00. The highest BCUT2D eigenvalue weighted by Gasteiger charge is 2.51. The molecule has 0 aromatic carbocycles. The lowest BCUT2D eigenvalue weighted by Crippen LogP contribution is -2.50. The van der Waals surface area contributed by atoms with E-state index in [2.05, 4.69) is 13.8 Å². The van der Waals surface area contributed by atoms with Crippen LogP contribution in [0.3, 0.4) is 0 Å². The van der Waals surface area contributed by atoms with Gasteiger partial charge < -0.3 is 0 Å². The van der Waals surface area contributed by atoms with Crippen LogP contribution in [0.15, 0.2) is 0 Å². The van der Waals surface area contributed by atoms with E-state index >= 15 is 0 Å². The van der Waals surface area contributed by atoms with Gasteiger partial charge in [-0.3, -0.25) is 0 Å². The number of hydrogen-bond acceptors (Lipinski definition) is 0. The molecule has 2 aliphatic carbocycles. The molecule has 2 aliphatic rings. The molecular weight excluding hydrogens is 132 g/mol. The Balaban J connectivity index is 1.75. The van der Waals surface area contributed by atoms with Crippen molar-refractivity contribution in [3.63, 3.8) is 0 Å². The van der Waals surface area contributed by atoms with Crippen LogP contribution in [0.1, 0.15) is 46.0 Å². The summed E-state index contributed by atoms with van der Waals surface area (Å²) in [6.07, 6.45) is 7.52. The van der Waals surface area contributed by atoms with Crippen LogP contribution in [-0.4, -0.2) is 0 Å². The summed E-state index contributed by atoms with van der Waals surface area (Å²) >= 11 is 0. The van der Waals surface area contributed by atoms with Gasteiger partial charge in [-0.2, -0.15) is 0 Å². The molecule has 11 heavy (non-hydrogen) atoms. The fourth-order valence-corrected chi connectivity index (χ4v) is 3.26. The smallest absolute Gasteiger partial charge is 0.0352 e. The molecule has 2 fully saturated rings. The summed E-state index contributed by atoms with van der Waals surface area (Å²) in [6, 6.07) is 0. The minimum absolute atomic E-state index is 1.13. The quantitative estimate of drug-likeness (QED) is 0.581. The highest BCUT2D eigenvalue weighted by molar-refractivity contribution is 5.01. The van der Waals surface area contributed by atoms with Gasteiger partial charge in [-0.1, -0.05) is 33.1 Å². The standard InChI is InChI=1S/C11H20/c1-3-5-9-7-10-8(4-2)6-11(9)10/h8-11H,3-7H2,1-2H3. The van der Waals surface area contributed by atoms with Gasteiger partial charge in [-0.15, -0.1) is 0 Å². The van der Waals surface area contributed by atoms with Crippen LogP contribution in [0.4, 0.5) is 0 Å². The van der Waals surface area contributed by atoms with Crippen molar-refractivity contribution >= 4 is 0 Å². The Kier molecular flexibility index (Phi) is 1.95. The van der Waals surface area contributed by atoms with Gasteiger partial charge in [-0.05, 0) is 36.5 Å². The van der Waals surface area contributed by atoms with Crippen molar-refractivity contribution < 1.29 is 0 Å². The van der Waals surface area contributed by atoms with Crippen LogP contribution in [-0.2, 0) is 0 Å². The first-order chi connectivity index (χ1) is 5.36. The Bertz CT molecular complexity index is 135. The Labute approximate surface area is 70.4 Å². The third-order valence-corrected chi connectivity index (χ3v) is 4.09. The second-order valence-corrected chi connectivity index (χ2v) is 4.52. The van der Waals surface area contributed by atoms with E-state index in [1.807, 2.05) is 0 Å². The van der Waals surface area contributed by atoms with Crippen LogP contribution in [0.25, 0.3) is 0 Å². The SMILES string of the molecule is CCCC1CC2C(CC)CC12. The van der Waals surface area contributed by atoms with Crippen LogP contribution in [0.5, 0.6) is 0 Å². The zero-order valence-electron chi connectivity index (χ0n) is 7.84. The van der Waals surface area contributed by atoms with Crippen molar-refractivity contribution in [2.75, 3.05) is 0 Å². The van der Waals surface area contributed by atoms with E-state index in [0.717, 1.165) is 11.8 Å². The minimum Gasteiger partial charge on any atom is -0.0654 e. The van der Waals surface area contributed by atoms with Crippen molar-refractivity contribution in [2.45, 2.75) is 46.0 Å². The first kappa shape index (κ1) is 7.64. The third-order valence-electron chi connectivity index (χ3n) is 4.09. The summed E-state index contributed by atoms with van der Waals surface area (Å²) in [5, 5.41) is 0. The van der Waals surface area contributed by atoms with Crippen LogP contribution < -0.4 is 0 Å². The lowest BCUT2D eigenvalue weighted by Gasteiger charge is -2.58. The average Bonchev–Trinajstić information content (AvgIpc) is 1.99. The van der Waals surface area contributed by atoms with Crippen LogP contribution in [0.2, 0.25) is 0 Å².